The van der Waals surface area contributed by atoms with Gasteiger partial charge < -0.3 is 10.4 Å². The number of nitrogens with one attached hydrogen (secondary N) is 1. The van der Waals surface area contributed by atoms with E-state index >= 15 is 0 Å². The molecule has 4 heteroatoms. The number of carbonyl (C=O) groups excluding carboxylic acids is 1. The molecule has 1 atom stereocenters. The largest absolute Gasteiger partial charge is 0.380 e. The smallest absolute Gasteiger partial charge is 0.256 e. The average molecular weight is 261 g/mol. The van der Waals surface area contributed by atoms with Crippen LogP contribution in [0.3, 0.4) is 0 Å². The molecule has 0 radical (unpaired) electrons. The predicted octanol–water partition coefficient (Wildman–Crippen LogP) is 3.14. The van der Waals surface area contributed by atoms with Gasteiger partial charge in [0, 0.05) is 5.69 Å². The van der Waals surface area contributed by atoms with Crippen molar-refractivity contribution in [3.05, 3.63) is 29.3 Å². The number of amides is 1. The van der Waals surface area contributed by atoms with Gasteiger partial charge in [0.1, 0.15) is 12.3 Å². The minimum absolute atomic E-state index is 0.337. The summed E-state index contributed by atoms with van der Waals surface area (Å²) in [5, 5.41) is 13.0. The molecule has 0 aromatic heterocycles. The maximum absolute atomic E-state index is 12.1. The zero-order chi connectivity index (χ0) is 14.6. The Balaban J connectivity index is 2.69. The monoisotopic (exact) mass is 261 g/mol. The normalized spacial score (nSPS) is 13.8. The number of carbonyl (C=O) groups is 1. The van der Waals surface area contributed by atoms with Gasteiger partial charge >= 0.3 is 0 Å². The molecule has 0 spiro atoms. The Labute approximate surface area is 116 Å². The lowest BCUT2D eigenvalue weighted by Gasteiger charge is -2.23. The van der Waals surface area contributed by atoms with Crippen molar-refractivity contribution in [3.8, 4) is 0 Å². The zero-order valence-electron chi connectivity index (χ0n) is 12.6. The van der Waals surface area contributed by atoms with E-state index in [1.807, 2.05) is 32.0 Å². The summed E-state index contributed by atoms with van der Waals surface area (Å²) < 4.78 is 0. The Kier molecular flexibility index (Phi) is 5.18. The first kappa shape index (κ1) is 15.8. The van der Waals surface area contributed by atoms with Crippen LogP contribution in [0.4, 0.5) is 5.69 Å². The van der Waals surface area contributed by atoms with Crippen molar-refractivity contribution in [2.24, 2.45) is 0 Å². The molecule has 1 rings (SSSR count). The Bertz CT molecular complexity index is 455. The van der Waals surface area contributed by atoms with Crippen LogP contribution >= 0.6 is 0 Å². The van der Waals surface area contributed by atoms with Crippen LogP contribution in [0.2, 0.25) is 20.0 Å². The molecule has 1 aromatic rings. The van der Waals surface area contributed by atoms with Crippen LogP contribution in [0, 0.1) is 13.8 Å². The van der Waals surface area contributed by atoms with Crippen molar-refractivity contribution in [2.45, 2.75) is 52.8 Å². The Morgan fingerprint density at radius 1 is 1.32 bits per heavy atom. The lowest BCUT2D eigenvalue weighted by atomic mass is 9.51. The van der Waals surface area contributed by atoms with E-state index in [1.165, 1.54) is 5.56 Å². The van der Waals surface area contributed by atoms with Gasteiger partial charge in [-0.2, -0.15) is 0 Å². The molecule has 0 heterocycles. The van der Waals surface area contributed by atoms with Crippen LogP contribution < -0.4 is 5.32 Å². The van der Waals surface area contributed by atoms with Gasteiger partial charge in [0.15, 0.2) is 0 Å². The summed E-state index contributed by atoms with van der Waals surface area (Å²) in [5.41, 5.74) is 1.73. The maximum atomic E-state index is 12.1. The predicted molar refractivity (Wildman–Crippen MR) is 82.1 cm³/mol. The standard InChI is InChI=1S/C15H24BNO2/c1-11-6-7-13(10-12(11)2)17-14(18)15(3,19)8-9-16(4)5/h6-7,10,19H,8-9H2,1-5H3,(H,17,18)/t15-/m0/s1. The number of anilines is 1. The summed E-state index contributed by atoms with van der Waals surface area (Å²) >= 11 is 0. The molecule has 0 fully saturated rings. The van der Waals surface area contributed by atoms with E-state index in [0.717, 1.165) is 17.6 Å². The molecule has 0 bridgehead atoms. The van der Waals surface area contributed by atoms with Crippen molar-refractivity contribution in [3.63, 3.8) is 0 Å². The zero-order valence-corrected chi connectivity index (χ0v) is 12.6. The van der Waals surface area contributed by atoms with Crippen molar-refractivity contribution < 1.29 is 9.90 Å². The van der Waals surface area contributed by atoms with Crippen molar-refractivity contribution in [1.82, 2.24) is 0 Å². The highest BCUT2D eigenvalue weighted by atomic mass is 16.3. The van der Waals surface area contributed by atoms with Gasteiger partial charge in [-0.05, 0) is 50.5 Å². The molecule has 1 amide bonds. The van der Waals surface area contributed by atoms with Crippen molar-refractivity contribution in [2.75, 3.05) is 5.32 Å². The second kappa shape index (κ2) is 6.24. The van der Waals surface area contributed by atoms with Crippen LogP contribution in [0.5, 0.6) is 0 Å². The second-order valence-corrected chi connectivity index (χ2v) is 5.96. The van der Waals surface area contributed by atoms with E-state index in [4.69, 9.17) is 0 Å². The fourth-order valence-electron chi connectivity index (χ4n) is 1.77. The van der Waals surface area contributed by atoms with E-state index in [2.05, 4.69) is 19.0 Å². The number of benzene rings is 1. The van der Waals surface area contributed by atoms with Gasteiger partial charge in [0.05, 0.1) is 0 Å². The summed E-state index contributed by atoms with van der Waals surface area (Å²) in [5.74, 6) is -0.337. The number of rotatable bonds is 5. The molecule has 2 N–H and O–H groups in total. The number of hydrogen-bond acceptors (Lipinski definition) is 2. The second-order valence-electron chi connectivity index (χ2n) is 5.96. The highest BCUT2D eigenvalue weighted by Gasteiger charge is 2.30. The van der Waals surface area contributed by atoms with Crippen LogP contribution in [0.15, 0.2) is 18.2 Å². The average Bonchev–Trinajstić information content (AvgIpc) is 2.31. The molecule has 0 aliphatic rings. The lowest BCUT2D eigenvalue weighted by molar-refractivity contribution is -0.132. The summed E-state index contributed by atoms with van der Waals surface area (Å²) in [6, 6.07) is 5.75. The minimum atomic E-state index is -1.32. The molecule has 0 saturated carbocycles. The summed E-state index contributed by atoms with van der Waals surface area (Å²) in [6.45, 7) is 10.2. The van der Waals surface area contributed by atoms with Gasteiger partial charge in [-0.3, -0.25) is 4.79 Å². The quantitative estimate of drug-likeness (QED) is 0.800. The first-order valence-electron chi connectivity index (χ1n) is 6.83. The Morgan fingerprint density at radius 2 is 1.95 bits per heavy atom. The third-order valence-corrected chi connectivity index (χ3v) is 3.46. The first-order valence-corrected chi connectivity index (χ1v) is 6.83. The molecule has 1 aromatic carbocycles. The molecule has 3 nitrogen and oxygen atoms in total. The van der Waals surface area contributed by atoms with E-state index in [1.54, 1.807) is 6.92 Å². The molecule has 0 aliphatic heterocycles. The van der Waals surface area contributed by atoms with Gasteiger partial charge in [-0.15, -0.1) is 0 Å². The van der Waals surface area contributed by atoms with Gasteiger partial charge in [0.25, 0.3) is 5.91 Å². The lowest BCUT2D eigenvalue weighted by Crippen LogP contribution is -2.40. The summed E-state index contributed by atoms with van der Waals surface area (Å²) in [6.07, 6.45) is 1.30. The summed E-state index contributed by atoms with van der Waals surface area (Å²) in [7, 11) is 0. The third-order valence-electron chi connectivity index (χ3n) is 3.46. The highest BCUT2D eigenvalue weighted by molar-refractivity contribution is 6.55. The van der Waals surface area contributed by atoms with Gasteiger partial charge in [0.2, 0.25) is 0 Å². The highest BCUT2D eigenvalue weighted by Crippen LogP contribution is 2.19. The Morgan fingerprint density at radius 3 is 2.47 bits per heavy atom. The van der Waals surface area contributed by atoms with E-state index in [0.29, 0.717) is 13.1 Å². The van der Waals surface area contributed by atoms with E-state index < -0.39 is 5.60 Å². The van der Waals surface area contributed by atoms with Crippen molar-refractivity contribution >= 4 is 18.3 Å². The van der Waals surface area contributed by atoms with Crippen LogP contribution in [0.1, 0.15) is 24.5 Å². The molecule has 0 aliphatic carbocycles. The van der Waals surface area contributed by atoms with Gasteiger partial charge in [-0.1, -0.05) is 26.0 Å². The maximum Gasteiger partial charge on any atom is 0.256 e. The molecule has 104 valence electrons. The van der Waals surface area contributed by atoms with E-state index in [-0.39, 0.29) is 5.91 Å². The molecule has 19 heavy (non-hydrogen) atoms. The third kappa shape index (κ3) is 4.71. The fourth-order valence-corrected chi connectivity index (χ4v) is 1.77. The molecule has 0 saturated heterocycles. The molecular formula is C15H24BNO2. The van der Waals surface area contributed by atoms with Crippen LogP contribution in [-0.4, -0.2) is 23.3 Å². The molecular weight excluding hydrogens is 237 g/mol. The fraction of sp³-hybridized carbons (Fsp3) is 0.533. The minimum Gasteiger partial charge on any atom is -0.380 e. The van der Waals surface area contributed by atoms with E-state index in [9.17, 15) is 9.90 Å². The SMILES string of the molecule is CB(C)CC[C@](C)(O)C(=O)Nc1ccc(C)c(C)c1. The van der Waals surface area contributed by atoms with Gasteiger partial charge in [-0.25, -0.2) is 0 Å². The Hall–Kier alpha value is -1.29. The number of aliphatic hydroxyl groups is 1. The van der Waals surface area contributed by atoms with Crippen LogP contribution in [-0.2, 0) is 4.79 Å². The topological polar surface area (TPSA) is 49.3 Å². The first-order chi connectivity index (χ1) is 8.72. The molecule has 0 unspecified atom stereocenters. The van der Waals surface area contributed by atoms with Crippen LogP contribution in [0.25, 0.3) is 0 Å². The van der Waals surface area contributed by atoms with Crippen molar-refractivity contribution in [1.29, 1.82) is 0 Å². The number of hydrogen-bond donors (Lipinski definition) is 2. The number of aryl methyl sites for hydroxylation is 2. The summed E-state index contributed by atoms with van der Waals surface area (Å²) in [4.78, 5) is 12.1.